The average Bonchev–Trinajstić information content (AvgIpc) is 2.98. The molecule has 216 valence electrons. The van der Waals surface area contributed by atoms with Crippen molar-refractivity contribution in [2.45, 2.75) is 65.0 Å². The highest BCUT2D eigenvalue weighted by Crippen LogP contribution is 2.38. The van der Waals surface area contributed by atoms with E-state index in [9.17, 15) is 4.79 Å². The predicted molar refractivity (Wildman–Crippen MR) is 164 cm³/mol. The molecule has 1 saturated heterocycles. The summed E-state index contributed by atoms with van der Waals surface area (Å²) >= 11 is 0. The van der Waals surface area contributed by atoms with Crippen molar-refractivity contribution in [3.05, 3.63) is 70.7 Å². The molecule has 0 unspecified atom stereocenters. The first kappa shape index (κ1) is 27.5. The van der Waals surface area contributed by atoms with Gasteiger partial charge in [-0.05, 0) is 50.9 Å². The van der Waals surface area contributed by atoms with Crippen molar-refractivity contribution in [3.8, 4) is 5.75 Å². The second-order valence-corrected chi connectivity index (χ2v) is 11.9. The van der Waals surface area contributed by atoms with Gasteiger partial charge < -0.3 is 14.5 Å². The van der Waals surface area contributed by atoms with E-state index in [2.05, 4.69) is 67.1 Å². The number of urea groups is 1. The van der Waals surface area contributed by atoms with Crippen molar-refractivity contribution >= 4 is 23.2 Å². The number of ether oxygens (including phenoxy) is 1. The molecule has 8 nitrogen and oxygen atoms in total. The van der Waals surface area contributed by atoms with Gasteiger partial charge in [0.15, 0.2) is 0 Å². The molecule has 0 bridgehead atoms. The fourth-order valence-corrected chi connectivity index (χ4v) is 6.68. The van der Waals surface area contributed by atoms with Crippen molar-refractivity contribution < 1.29 is 9.53 Å². The number of piperazine rings is 1. The standard InChI is InChI=1S/C33H42N6O2/c1-23-9-8-10-24(2)31(23)38-22-26-21-34-30(35-32(26)39(33(38)40)27-11-6-5-7-12-27)19-25-13-14-28(20-29(25)41-4)37-17-15-36(3)16-18-37/h8-10,13-14,20-21,27H,5-7,11-12,15-19,22H2,1-4H3. The normalized spacial score (nSPS) is 18.5. The van der Waals surface area contributed by atoms with E-state index in [4.69, 9.17) is 14.7 Å². The maximum atomic E-state index is 14.2. The van der Waals surface area contributed by atoms with Crippen LogP contribution in [0.2, 0.25) is 0 Å². The van der Waals surface area contributed by atoms with E-state index in [1.54, 1.807) is 7.11 Å². The molecule has 1 aliphatic carbocycles. The number of nitrogens with zero attached hydrogens (tertiary/aromatic N) is 6. The molecule has 1 aromatic heterocycles. The van der Waals surface area contributed by atoms with Gasteiger partial charge in [0.2, 0.25) is 0 Å². The highest BCUT2D eigenvalue weighted by Gasteiger charge is 2.38. The third-order valence-electron chi connectivity index (χ3n) is 9.02. The number of benzene rings is 2. The number of aromatic nitrogens is 2. The minimum atomic E-state index is 0.0283. The summed E-state index contributed by atoms with van der Waals surface area (Å²) in [6.07, 6.45) is 8.01. The maximum absolute atomic E-state index is 14.2. The topological polar surface area (TPSA) is 65.0 Å². The van der Waals surface area contributed by atoms with Gasteiger partial charge in [0.05, 0.1) is 19.3 Å². The summed E-state index contributed by atoms with van der Waals surface area (Å²) in [5.41, 5.74) is 6.45. The number of anilines is 3. The molecular formula is C33H42N6O2. The van der Waals surface area contributed by atoms with Crippen LogP contribution in [0.3, 0.4) is 0 Å². The van der Waals surface area contributed by atoms with E-state index in [1.165, 1.54) is 12.1 Å². The minimum absolute atomic E-state index is 0.0283. The van der Waals surface area contributed by atoms with Crippen LogP contribution in [0.15, 0.2) is 42.6 Å². The van der Waals surface area contributed by atoms with Gasteiger partial charge >= 0.3 is 6.03 Å². The van der Waals surface area contributed by atoms with E-state index in [-0.39, 0.29) is 12.1 Å². The van der Waals surface area contributed by atoms with Crippen molar-refractivity contribution in [3.63, 3.8) is 0 Å². The van der Waals surface area contributed by atoms with Gasteiger partial charge in [-0.1, -0.05) is 43.5 Å². The second kappa shape index (κ2) is 11.7. The maximum Gasteiger partial charge on any atom is 0.330 e. The zero-order valence-electron chi connectivity index (χ0n) is 24.9. The summed E-state index contributed by atoms with van der Waals surface area (Å²) in [7, 11) is 3.90. The van der Waals surface area contributed by atoms with E-state index < -0.39 is 0 Å². The number of methoxy groups -OCH3 is 1. The van der Waals surface area contributed by atoms with Crippen LogP contribution in [0.25, 0.3) is 0 Å². The molecule has 8 heteroatoms. The number of amides is 2. The number of likely N-dealkylation sites (N-methyl/N-ethyl adjacent to an activating group) is 1. The molecule has 2 fully saturated rings. The molecule has 1 saturated carbocycles. The van der Waals surface area contributed by atoms with Crippen molar-refractivity contribution in [1.29, 1.82) is 0 Å². The van der Waals surface area contributed by atoms with Crippen LogP contribution in [-0.2, 0) is 13.0 Å². The molecule has 6 rings (SSSR count). The Kier molecular flexibility index (Phi) is 7.84. The van der Waals surface area contributed by atoms with Gasteiger partial charge in [0, 0.05) is 67.7 Å². The number of rotatable bonds is 6. The SMILES string of the molecule is COc1cc(N2CCN(C)CC2)ccc1Cc1ncc2c(n1)N(C1CCCCC1)C(=O)N(c1c(C)cccc1C)C2. The van der Waals surface area contributed by atoms with Crippen molar-refractivity contribution in [2.75, 3.05) is 55.0 Å². The van der Waals surface area contributed by atoms with Crippen molar-refractivity contribution in [2.24, 2.45) is 0 Å². The van der Waals surface area contributed by atoms with Gasteiger partial charge in [-0.3, -0.25) is 9.80 Å². The summed E-state index contributed by atoms with van der Waals surface area (Å²) < 4.78 is 5.84. The third kappa shape index (κ3) is 5.49. The average molecular weight is 555 g/mol. The molecule has 3 aromatic rings. The van der Waals surface area contributed by atoms with Gasteiger partial charge in [-0.2, -0.15) is 0 Å². The molecule has 3 aliphatic rings. The summed E-state index contributed by atoms with van der Waals surface area (Å²) in [6.45, 7) is 8.78. The van der Waals surface area contributed by atoms with Crippen LogP contribution in [-0.4, -0.2) is 67.3 Å². The Bertz CT molecular complexity index is 1390. The fourth-order valence-electron chi connectivity index (χ4n) is 6.68. The molecule has 41 heavy (non-hydrogen) atoms. The first-order valence-corrected chi connectivity index (χ1v) is 15.0. The Labute approximate surface area is 243 Å². The number of fused-ring (bicyclic) bond motifs is 1. The summed E-state index contributed by atoms with van der Waals surface area (Å²) in [4.78, 5) is 32.8. The van der Waals surface area contributed by atoms with Crippen LogP contribution in [0.1, 0.15) is 60.2 Å². The van der Waals surface area contributed by atoms with Crippen LogP contribution in [0, 0.1) is 13.8 Å². The van der Waals surface area contributed by atoms with Crippen LogP contribution in [0.4, 0.5) is 22.0 Å². The zero-order valence-corrected chi connectivity index (χ0v) is 24.9. The number of hydrogen-bond donors (Lipinski definition) is 0. The molecule has 2 aromatic carbocycles. The lowest BCUT2D eigenvalue weighted by Crippen LogP contribution is -2.53. The molecule has 0 N–H and O–H groups in total. The molecule has 2 amide bonds. The summed E-state index contributed by atoms with van der Waals surface area (Å²) in [6, 6.07) is 12.9. The van der Waals surface area contributed by atoms with Gasteiger partial charge in [-0.15, -0.1) is 0 Å². The monoisotopic (exact) mass is 554 g/mol. The first-order valence-electron chi connectivity index (χ1n) is 15.0. The van der Waals surface area contributed by atoms with Gasteiger partial charge in [-0.25, -0.2) is 14.8 Å². The van der Waals surface area contributed by atoms with Gasteiger partial charge in [0.1, 0.15) is 17.4 Å². The lowest BCUT2D eigenvalue weighted by atomic mass is 9.93. The molecule has 3 heterocycles. The molecule has 2 aliphatic heterocycles. The summed E-state index contributed by atoms with van der Waals surface area (Å²) in [5.74, 6) is 2.34. The Morgan fingerprint density at radius 1 is 0.976 bits per heavy atom. The number of carbonyl (C=O) groups is 1. The first-order chi connectivity index (χ1) is 19.9. The van der Waals surface area contributed by atoms with E-state index >= 15 is 0 Å². The Morgan fingerprint density at radius 3 is 2.41 bits per heavy atom. The van der Waals surface area contributed by atoms with E-state index in [0.29, 0.717) is 18.8 Å². The van der Waals surface area contributed by atoms with Crippen molar-refractivity contribution in [1.82, 2.24) is 14.9 Å². The Hall–Kier alpha value is -3.65. The zero-order chi connectivity index (χ0) is 28.5. The predicted octanol–water partition coefficient (Wildman–Crippen LogP) is 5.72. The molecule has 0 spiro atoms. The summed E-state index contributed by atoms with van der Waals surface area (Å²) in [5, 5.41) is 0. The number of carbonyl (C=O) groups excluding carboxylic acids is 1. The molecular weight excluding hydrogens is 512 g/mol. The Morgan fingerprint density at radius 2 is 1.71 bits per heavy atom. The second-order valence-electron chi connectivity index (χ2n) is 11.9. The highest BCUT2D eigenvalue weighted by molar-refractivity contribution is 6.06. The number of hydrogen-bond acceptors (Lipinski definition) is 6. The lowest BCUT2D eigenvalue weighted by Gasteiger charge is -2.42. The smallest absolute Gasteiger partial charge is 0.330 e. The highest BCUT2D eigenvalue weighted by atomic mass is 16.5. The third-order valence-corrected chi connectivity index (χ3v) is 9.02. The van der Waals surface area contributed by atoms with Crippen LogP contribution >= 0.6 is 0 Å². The number of para-hydroxylation sites is 1. The minimum Gasteiger partial charge on any atom is -0.496 e. The number of aryl methyl sites for hydroxylation is 2. The van der Waals surface area contributed by atoms with E-state index in [0.717, 1.165) is 91.4 Å². The quantitative estimate of drug-likeness (QED) is 0.388. The van der Waals surface area contributed by atoms with Crippen LogP contribution in [0.5, 0.6) is 5.75 Å². The van der Waals surface area contributed by atoms with Gasteiger partial charge in [0.25, 0.3) is 0 Å². The Balaban J connectivity index is 1.32. The lowest BCUT2D eigenvalue weighted by molar-refractivity contribution is 0.244. The molecule has 0 atom stereocenters. The van der Waals surface area contributed by atoms with E-state index in [1.807, 2.05) is 16.0 Å². The largest absolute Gasteiger partial charge is 0.496 e. The fraction of sp³-hybridized carbons (Fsp3) is 0.485. The molecule has 0 radical (unpaired) electrons. The van der Waals surface area contributed by atoms with Crippen LogP contribution < -0.4 is 19.4 Å².